The molecule has 1 aromatic carbocycles. The first kappa shape index (κ1) is 8.74. The smallest absolute Gasteiger partial charge is 0.157 e. The van der Waals surface area contributed by atoms with E-state index in [1.165, 1.54) is 0 Å². The first-order valence-corrected chi connectivity index (χ1v) is 4.29. The van der Waals surface area contributed by atoms with Crippen LogP contribution in [0, 0.1) is 0 Å². The van der Waals surface area contributed by atoms with Gasteiger partial charge < -0.3 is 4.74 Å². The molecule has 0 aliphatic rings. The minimum Gasteiger partial charge on any atom is -0.497 e. The highest BCUT2D eigenvalue weighted by Gasteiger charge is 2.03. The quantitative estimate of drug-likeness (QED) is 0.718. The Morgan fingerprint density at radius 3 is 2.43 bits per heavy atom. The molecule has 1 heterocycles. The van der Waals surface area contributed by atoms with Crippen LogP contribution in [0.25, 0.3) is 11.4 Å². The van der Waals surface area contributed by atoms with Gasteiger partial charge in [-0.15, -0.1) is 0 Å². The summed E-state index contributed by atoms with van der Waals surface area (Å²) < 4.78 is 6.81. The van der Waals surface area contributed by atoms with E-state index < -0.39 is 0 Å². The van der Waals surface area contributed by atoms with Crippen LogP contribution in [0.5, 0.6) is 5.75 Å². The Hall–Kier alpha value is -1.84. The van der Waals surface area contributed by atoms with Gasteiger partial charge in [0.15, 0.2) is 5.82 Å². The van der Waals surface area contributed by atoms with Crippen LogP contribution in [0.1, 0.15) is 0 Å². The molecule has 0 fully saturated rings. The number of ether oxygens (including phenoxy) is 1. The third-order valence-electron chi connectivity index (χ3n) is 2.06. The molecule has 0 radical (unpaired) electrons. The molecule has 0 atom stereocenters. The van der Waals surface area contributed by atoms with Gasteiger partial charge in [0.1, 0.15) is 12.1 Å². The molecule has 0 amide bonds. The average molecular weight is 189 g/mol. The molecule has 0 saturated carbocycles. The Balaban J connectivity index is 2.39. The molecular weight excluding hydrogens is 178 g/mol. The summed E-state index contributed by atoms with van der Waals surface area (Å²) in [6.07, 6.45) is 1.54. The molecule has 4 nitrogen and oxygen atoms in total. The van der Waals surface area contributed by atoms with Gasteiger partial charge in [-0.25, -0.2) is 9.67 Å². The van der Waals surface area contributed by atoms with Crippen LogP contribution in [-0.2, 0) is 7.05 Å². The Labute approximate surface area is 82.2 Å². The fourth-order valence-electron chi connectivity index (χ4n) is 1.30. The predicted molar refractivity (Wildman–Crippen MR) is 53.0 cm³/mol. The summed E-state index contributed by atoms with van der Waals surface area (Å²) in [4.78, 5) is 4.15. The second kappa shape index (κ2) is 3.49. The van der Waals surface area contributed by atoms with E-state index in [-0.39, 0.29) is 0 Å². The molecule has 0 bridgehead atoms. The van der Waals surface area contributed by atoms with Crippen molar-refractivity contribution in [3.8, 4) is 17.1 Å². The summed E-state index contributed by atoms with van der Waals surface area (Å²) in [5.74, 6) is 1.70. The van der Waals surface area contributed by atoms with E-state index in [1.807, 2.05) is 31.3 Å². The number of hydrogen-bond acceptors (Lipinski definition) is 3. The van der Waals surface area contributed by atoms with Gasteiger partial charge in [0.2, 0.25) is 0 Å². The topological polar surface area (TPSA) is 39.9 Å². The number of nitrogens with zero attached hydrogens (tertiary/aromatic N) is 3. The normalized spacial score (nSPS) is 10.1. The van der Waals surface area contributed by atoms with Crippen molar-refractivity contribution in [3.05, 3.63) is 30.6 Å². The lowest BCUT2D eigenvalue weighted by Crippen LogP contribution is -1.94. The molecule has 0 spiro atoms. The number of rotatable bonds is 2. The van der Waals surface area contributed by atoms with E-state index in [0.29, 0.717) is 0 Å². The highest BCUT2D eigenvalue weighted by atomic mass is 16.5. The Morgan fingerprint density at radius 2 is 1.93 bits per heavy atom. The van der Waals surface area contributed by atoms with Crippen LogP contribution in [-0.4, -0.2) is 21.9 Å². The van der Waals surface area contributed by atoms with Gasteiger partial charge in [0, 0.05) is 12.6 Å². The van der Waals surface area contributed by atoms with Crippen molar-refractivity contribution >= 4 is 0 Å². The van der Waals surface area contributed by atoms with Gasteiger partial charge in [0.05, 0.1) is 7.11 Å². The van der Waals surface area contributed by atoms with E-state index in [0.717, 1.165) is 17.1 Å². The Morgan fingerprint density at radius 1 is 1.21 bits per heavy atom. The first-order chi connectivity index (χ1) is 6.81. The molecule has 72 valence electrons. The predicted octanol–water partition coefficient (Wildman–Crippen LogP) is 1.49. The fraction of sp³-hybridized carbons (Fsp3) is 0.200. The summed E-state index contributed by atoms with van der Waals surface area (Å²) in [5.41, 5.74) is 1.03. The maximum atomic E-state index is 5.07. The number of methoxy groups -OCH3 is 1. The van der Waals surface area contributed by atoms with Gasteiger partial charge in [-0.05, 0) is 24.3 Å². The fourth-order valence-corrected chi connectivity index (χ4v) is 1.30. The highest BCUT2D eigenvalue weighted by Crippen LogP contribution is 2.19. The van der Waals surface area contributed by atoms with Crippen molar-refractivity contribution in [1.29, 1.82) is 0 Å². The third kappa shape index (κ3) is 1.46. The molecule has 0 aliphatic heterocycles. The van der Waals surface area contributed by atoms with E-state index in [9.17, 15) is 0 Å². The largest absolute Gasteiger partial charge is 0.497 e. The monoisotopic (exact) mass is 189 g/mol. The van der Waals surface area contributed by atoms with E-state index >= 15 is 0 Å². The molecular formula is C10H11N3O. The number of aryl methyl sites for hydroxylation is 1. The minimum absolute atomic E-state index is 0.843. The average Bonchev–Trinajstić information content (AvgIpc) is 2.65. The molecule has 14 heavy (non-hydrogen) atoms. The number of benzene rings is 1. The second-order valence-corrected chi connectivity index (χ2v) is 2.94. The lowest BCUT2D eigenvalue weighted by molar-refractivity contribution is 0.415. The van der Waals surface area contributed by atoms with Crippen molar-refractivity contribution in [2.24, 2.45) is 7.05 Å². The van der Waals surface area contributed by atoms with Gasteiger partial charge in [-0.3, -0.25) is 0 Å². The number of aromatic nitrogens is 3. The maximum Gasteiger partial charge on any atom is 0.157 e. The molecule has 4 heteroatoms. The standard InChI is InChI=1S/C10H11N3O/c1-13-10(11-7-12-13)8-3-5-9(14-2)6-4-8/h3-7H,1-2H3. The van der Waals surface area contributed by atoms with E-state index in [1.54, 1.807) is 18.1 Å². The molecule has 0 unspecified atom stereocenters. The maximum absolute atomic E-state index is 5.07. The van der Waals surface area contributed by atoms with Crippen LogP contribution in [0.15, 0.2) is 30.6 Å². The van der Waals surface area contributed by atoms with Gasteiger partial charge >= 0.3 is 0 Å². The van der Waals surface area contributed by atoms with Crippen molar-refractivity contribution < 1.29 is 4.74 Å². The van der Waals surface area contributed by atoms with E-state index in [4.69, 9.17) is 4.74 Å². The van der Waals surface area contributed by atoms with Gasteiger partial charge in [0.25, 0.3) is 0 Å². The molecule has 2 aromatic rings. The Kier molecular flexibility index (Phi) is 2.18. The lowest BCUT2D eigenvalue weighted by atomic mass is 10.2. The summed E-state index contributed by atoms with van der Waals surface area (Å²) in [5, 5.41) is 4.01. The SMILES string of the molecule is COc1ccc(-c2ncnn2C)cc1. The molecule has 0 N–H and O–H groups in total. The summed E-state index contributed by atoms with van der Waals surface area (Å²) in [7, 11) is 3.52. The van der Waals surface area contributed by atoms with Crippen LogP contribution in [0.4, 0.5) is 0 Å². The zero-order chi connectivity index (χ0) is 9.97. The van der Waals surface area contributed by atoms with Crippen LogP contribution in [0.3, 0.4) is 0 Å². The lowest BCUT2D eigenvalue weighted by Gasteiger charge is -2.02. The Bertz CT molecular complexity index is 419. The molecule has 1 aromatic heterocycles. The second-order valence-electron chi connectivity index (χ2n) is 2.94. The highest BCUT2D eigenvalue weighted by molar-refractivity contribution is 5.56. The van der Waals surface area contributed by atoms with Gasteiger partial charge in [-0.1, -0.05) is 0 Å². The van der Waals surface area contributed by atoms with Crippen molar-refractivity contribution in [1.82, 2.24) is 14.8 Å². The summed E-state index contributed by atoms with van der Waals surface area (Å²) in [6.45, 7) is 0. The zero-order valence-electron chi connectivity index (χ0n) is 8.14. The molecule has 0 saturated heterocycles. The van der Waals surface area contributed by atoms with Crippen LogP contribution in [0.2, 0.25) is 0 Å². The molecule has 2 rings (SSSR count). The van der Waals surface area contributed by atoms with Gasteiger partial charge in [-0.2, -0.15) is 5.10 Å². The minimum atomic E-state index is 0.843. The third-order valence-corrected chi connectivity index (χ3v) is 2.06. The van der Waals surface area contributed by atoms with Crippen LogP contribution < -0.4 is 4.74 Å². The first-order valence-electron chi connectivity index (χ1n) is 4.29. The number of hydrogen-bond donors (Lipinski definition) is 0. The summed E-state index contributed by atoms with van der Waals surface area (Å²) in [6, 6.07) is 7.74. The van der Waals surface area contributed by atoms with Crippen molar-refractivity contribution in [2.75, 3.05) is 7.11 Å². The van der Waals surface area contributed by atoms with Crippen molar-refractivity contribution in [2.45, 2.75) is 0 Å². The van der Waals surface area contributed by atoms with Crippen LogP contribution >= 0.6 is 0 Å². The zero-order valence-corrected chi connectivity index (χ0v) is 8.14. The van der Waals surface area contributed by atoms with Crippen molar-refractivity contribution in [3.63, 3.8) is 0 Å². The molecule has 0 aliphatic carbocycles. The van der Waals surface area contributed by atoms with E-state index in [2.05, 4.69) is 10.1 Å². The summed E-state index contributed by atoms with van der Waals surface area (Å²) >= 11 is 0.